The van der Waals surface area contributed by atoms with Gasteiger partial charge in [-0.2, -0.15) is 0 Å². The summed E-state index contributed by atoms with van der Waals surface area (Å²) in [6, 6.07) is 11.0. The standard InChI is InChI=1S/C13H13ClN2O2S/c1-9-2-5-11(15)8-13(9)16-19(17,18)12-6-3-10(14)4-7-12/h2-8,16H,15H2,1H3. The van der Waals surface area contributed by atoms with Crippen LogP contribution in [-0.4, -0.2) is 8.42 Å². The first kappa shape index (κ1) is 13.7. The smallest absolute Gasteiger partial charge is 0.261 e. The number of nitrogen functional groups attached to an aromatic ring is 1. The number of anilines is 2. The van der Waals surface area contributed by atoms with Crippen molar-refractivity contribution in [3.63, 3.8) is 0 Å². The van der Waals surface area contributed by atoms with Crippen LogP contribution < -0.4 is 10.5 Å². The van der Waals surface area contributed by atoms with Gasteiger partial charge in [0.2, 0.25) is 0 Å². The second-order valence-corrected chi connectivity index (χ2v) is 6.25. The molecule has 0 saturated carbocycles. The molecule has 0 aliphatic rings. The predicted octanol–water partition coefficient (Wildman–Crippen LogP) is 3.03. The molecule has 3 N–H and O–H groups in total. The van der Waals surface area contributed by atoms with Gasteiger partial charge in [0.15, 0.2) is 0 Å². The highest BCUT2D eigenvalue weighted by atomic mass is 35.5. The van der Waals surface area contributed by atoms with Crippen LogP contribution in [0.2, 0.25) is 5.02 Å². The summed E-state index contributed by atoms with van der Waals surface area (Å²) in [5.41, 5.74) is 7.42. The molecule has 4 nitrogen and oxygen atoms in total. The topological polar surface area (TPSA) is 72.2 Å². The average molecular weight is 297 g/mol. The zero-order chi connectivity index (χ0) is 14.0. The first-order valence-corrected chi connectivity index (χ1v) is 7.39. The Morgan fingerprint density at radius 2 is 1.74 bits per heavy atom. The van der Waals surface area contributed by atoms with E-state index in [1.165, 1.54) is 24.3 Å². The first-order chi connectivity index (χ1) is 8.88. The van der Waals surface area contributed by atoms with Crippen LogP contribution in [0.1, 0.15) is 5.56 Å². The van der Waals surface area contributed by atoms with Gasteiger partial charge in [-0.05, 0) is 48.9 Å². The van der Waals surface area contributed by atoms with Gasteiger partial charge < -0.3 is 5.73 Å². The van der Waals surface area contributed by atoms with E-state index in [4.69, 9.17) is 17.3 Å². The van der Waals surface area contributed by atoms with Crippen LogP contribution >= 0.6 is 11.6 Å². The molecule has 0 radical (unpaired) electrons. The summed E-state index contributed by atoms with van der Waals surface area (Å²) in [7, 11) is -3.63. The van der Waals surface area contributed by atoms with Crippen molar-refractivity contribution in [2.45, 2.75) is 11.8 Å². The molecule has 0 saturated heterocycles. The minimum Gasteiger partial charge on any atom is -0.399 e. The summed E-state index contributed by atoms with van der Waals surface area (Å²) >= 11 is 5.74. The molecule has 0 aliphatic carbocycles. The summed E-state index contributed by atoms with van der Waals surface area (Å²) in [4.78, 5) is 0.152. The molecule has 0 amide bonds. The number of halogens is 1. The Hall–Kier alpha value is -1.72. The van der Waals surface area contributed by atoms with Crippen molar-refractivity contribution in [2.75, 3.05) is 10.5 Å². The highest BCUT2D eigenvalue weighted by Gasteiger charge is 2.15. The minimum absolute atomic E-state index is 0.152. The number of hydrogen-bond donors (Lipinski definition) is 2. The van der Waals surface area contributed by atoms with Gasteiger partial charge in [-0.15, -0.1) is 0 Å². The van der Waals surface area contributed by atoms with Gasteiger partial charge in [0.05, 0.1) is 10.6 Å². The second kappa shape index (κ2) is 5.11. The van der Waals surface area contributed by atoms with Gasteiger partial charge in [0.25, 0.3) is 10.0 Å². The van der Waals surface area contributed by atoms with E-state index < -0.39 is 10.0 Å². The predicted molar refractivity (Wildman–Crippen MR) is 77.9 cm³/mol. The van der Waals surface area contributed by atoms with Crippen molar-refractivity contribution in [1.29, 1.82) is 0 Å². The fourth-order valence-corrected chi connectivity index (χ4v) is 2.81. The molecule has 2 rings (SSSR count). The van der Waals surface area contributed by atoms with Gasteiger partial charge in [-0.3, -0.25) is 4.72 Å². The third kappa shape index (κ3) is 3.19. The molecule has 0 aromatic heterocycles. The number of rotatable bonds is 3. The van der Waals surface area contributed by atoms with Crippen LogP contribution in [0.15, 0.2) is 47.4 Å². The summed E-state index contributed by atoms with van der Waals surface area (Å²) in [5.74, 6) is 0. The molecule has 6 heteroatoms. The monoisotopic (exact) mass is 296 g/mol. The number of aryl methyl sites for hydroxylation is 1. The first-order valence-electron chi connectivity index (χ1n) is 5.53. The van der Waals surface area contributed by atoms with E-state index in [9.17, 15) is 8.42 Å². The van der Waals surface area contributed by atoms with Crippen molar-refractivity contribution >= 4 is 33.0 Å². The van der Waals surface area contributed by atoms with Crippen LogP contribution in [0.3, 0.4) is 0 Å². The molecule has 0 aliphatic heterocycles. The maximum Gasteiger partial charge on any atom is 0.261 e. The van der Waals surface area contributed by atoms with E-state index in [1.807, 2.05) is 0 Å². The molecule has 0 heterocycles. The van der Waals surface area contributed by atoms with Crippen LogP contribution in [-0.2, 0) is 10.0 Å². The molecule has 0 spiro atoms. The van der Waals surface area contributed by atoms with Crippen molar-refractivity contribution in [1.82, 2.24) is 0 Å². The molecular formula is C13H13ClN2O2S. The quantitative estimate of drug-likeness (QED) is 0.855. The van der Waals surface area contributed by atoms with Crippen LogP contribution in [0.5, 0.6) is 0 Å². The van der Waals surface area contributed by atoms with E-state index in [2.05, 4.69) is 4.72 Å². The maximum atomic E-state index is 12.2. The van der Waals surface area contributed by atoms with Crippen LogP contribution in [0, 0.1) is 6.92 Å². The number of sulfonamides is 1. The highest BCUT2D eigenvalue weighted by Crippen LogP contribution is 2.22. The lowest BCUT2D eigenvalue weighted by Gasteiger charge is -2.11. The summed E-state index contributed by atoms with van der Waals surface area (Å²) in [5, 5.41) is 0.485. The third-order valence-electron chi connectivity index (χ3n) is 2.63. The third-order valence-corrected chi connectivity index (χ3v) is 4.26. The minimum atomic E-state index is -3.63. The summed E-state index contributed by atoms with van der Waals surface area (Å²) in [6.45, 7) is 1.80. The van der Waals surface area contributed by atoms with Crippen molar-refractivity contribution in [3.8, 4) is 0 Å². The maximum absolute atomic E-state index is 12.2. The van der Waals surface area contributed by atoms with Crippen LogP contribution in [0.4, 0.5) is 11.4 Å². The molecule has 2 aromatic carbocycles. The van der Waals surface area contributed by atoms with Gasteiger partial charge >= 0.3 is 0 Å². The highest BCUT2D eigenvalue weighted by molar-refractivity contribution is 7.92. The Bertz CT molecular complexity index is 697. The van der Waals surface area contributed by atoms with Gasteiger partial charge in [0, 0.05) is 10.7 Å². The molecule has 0 fully saturated rings. The van der Waals surface area contributed by atoms with Crippen molar-refractivity contribution < 1.29 is 8.42 Å². The zero-order valence-electron chi connectivity index (χ0n) is 10.2. The molecule has 0 bridgehead atoms. The number of nitrogens with two attached hydrogens (primary N) is 1. The SMILES string of the molecule is Cc1ccc(N)cc1NS(=O)(=O)c1ccc(Cl)cc1. The lowest BCUT2D eigenvalue weighted by Crippen LogP contribution is -2.13. The van der Waals surface area contributed by atoms with Gasteiger partial charge in [-0.25, -0.2) is 8.42 Å². The fraction of sp³-hybridized carbons (Fsp3) is 0.0769. The number of benzene rings is 2. The number of hydrogen-bond acceptors (Lipinski definition) is 3. The molecule has 2 aromatic rings. The van der Waals surface area contributed by atoms with E-state index in [0.29, 0.717) is 16.4 Å². The van der Waals surface area contributed by atoms with Gasteiger partial charge in [-0.1, -0.05) is 17.7 Å². The van der Waals surface area contributed by atoms with Gasteiger partial charge in [0.1, 0.15) is 0 Å². The zero-order valence-corrected chi connectivity index (χ0v) is 11.8. The summed E-state index contributed by atoms with van der Waals surface area (Å²) < 4.78 is 26.9. The normalized spacial score (nSPS) is 11.3. The van der Waals surface area contributed by atoms with E-state index in [-0.39, 0.29) is 4.90 Å². The second-order valence-electron chi connectivity index (χ2n) is 4.13. The Balaban J connectivity index is 2.36. The molecule has 0 unspecified atom stereocenters. The Labute approximate surface area is 117 Å². The van der Waals surface area contributed by atoms with Crippen LogP contribution in [0.25, 0.3) is 0 Å². The molecular weight excluding hydrogens is 284 g/mol. The molecule has 0 atom stereocenters. The Morgan fingerprint density at radius 1 is 1.11 bits per heavy atom. The van der Waals surface area contributed by atoms with Crippen molar-refractivity contribution in [2.24, 2.45) is 0 Å². The fourth-order valence-electron chi connectivity index (χ4n) is 1.57. The summed E-state index contributed by atoms with van der Waals surface area (Å²) in [6.07, 6.45) is 0. The largest absolute Gasteiger partial charge is 0.399 e. The average Bonchev–Trinajstić information content (AvgIpc) is 2.34. The molecule has 100 valence electrons. The Morgan fingerprint density at radius 3 is 2.37 bits per heavy atom. The van der Waals surface area contributed by atoms with E-state index >= 15 is 0 Å². The van der Waals surface area contributed by atoms with Crippen molar-refractivity contribution in [3.05, 3.63) is 53.1 Å². The lowest BCUT2D eigenvalue weighted by molar-refractivity contribution is 0.601. The lowest BCUT2D eigenvalue weighted by atomic mass is 10.2. The Kier molecular flexibility index (Phi) is 3.68. The van der Waals surface area contributed by atoms with E-state index in [1.54, 1.807) is 25.1 Å². The van der Waals surface area contributed by atoms with E-state index in [0.717, 1.165) is 5.56 Å². The number of nitrogens with one attached hydrogen (secondary N) is 1. The molecule has 19 heavy (non-hydrogen) atoms.